The molecule has 1 amide bonds. The van der Waals surface area contributed by atoms with Crippen LogP contribution in [0.2, 0.25) is 10.0 Å². The predicted octanol–water partition coefficient (Wildman–Crippen LogP) is 3.32. The highest BCUT2D eigenvalue weighted by Crippen LogP contribution is 2.22. The number of benzene rings is 1. The minimum atomic E-state index is -0.172. The second kappa shape index (κ2) is 5.85. The van der Waals surface area contributed by atoms with Crippen molar-refractivity contribution in [3.8, 4) is 0 Å². The fourth-order valence-electron chi connectivity index (χ4n) is 1.43. The lowest BCUT2D eigenvalue weighted by Crippen LogP contribution is -2.22. The molecule has 0 unspecified atom stereocenters. The monoisotopic (exact) mass is 280 g/mol. The van der Waals surface area contributed by atoms with E-state index in [-0.39, 0.29) is 5.91 Å². The molecule has 0 aliphatic heterocycles. The molecule has 2 aromatic rings. The van der Waals surface area contributed by atoms with Gasteiger partial charge in [0.2, 0.25) is 0 Å². The molecule has 0 fully saturated rings. The molecule has 1 N–H and O–H groups in total. The third kappa shape index (κ3) is 3.22. The highest BCUT2D eigenvalue weighted by atomic mass is 35.5. The molecule has 0 spiro atoms. The van der Waals surface area contributed by atoms with Crippen molar-refractivity contribution in [2.75, 3.05) is 0 Å². The van der Waals surface area contributed by atoms with Crippen LogP contribution in [0.3, 0.4) is 0 Å². The van der Waals surface area contributed by atoms with Crippen LogP contribution in [-0.2, 0) is 6.54 Å². The highest BCUT2D eigenvalue weighted by molar-refractivity contribution is 6.42. The van der Waals surface area contributed by atoms with Crippen molar-refractivity contribution < 1.29 is 4.79 Å². The molecule has 0 bridgehead atoms. The first-order valence-corrected chi connectivity index (χ1v) is 6.04. The van der Waals surface area contributed by atoms with E-state index in [0.29, 0.717) is 22.2 Å². The predicted molar refractivity (Wildman–Crippen MR) is 71.9 cm³/mol. The van der Waals surface area contributed by atoms with Gasteiger partial charge in [-0.1, -0.05) is 29.3 Å². The lowest BCUT2D eigenvalue weighted by Gasteiger charge is -2.06. The molecule has 0 saturated heterocycles. The number of amides is 1. The largest absolute Gasteiger partial charge is 0.348 e. The second-order valence-corrected chi connectivity index (χ2v) is 4.49. The molecule has 92 valence electrons. The fraction of sp³-hybridized carbons (Fsp3) is 0.0769. The smallest absolute Gasteiger partial charge is 0.253 e. The van der Waals surface area contributed by atoms with Crippen LogP contribution in [0.4, 0.5) is 0 Å². The van der Waals surface area contributed by atoms with Gasteiger partial charge in [-0.2, -0.15) is 0 Å². The summed E-state index contributed by atoms with van der Waals surface area (Å²) >= 11 is 11.7. The van der Waals surface area contributed by atoms with E-state index in [1.54, 1.807) is 30.5 Å². The van der Waals surface area contributed by atoms with E-state index >= 15 is 0 Å². The van der Waals surface area contributed by atoms with E-state index in [0.717, 1.165) is 5.56 Å². The van der Waals surface area contributed by atoms with Crippen LogP contribution < -0.4 is 5.32 Å². The van der Waals surface area contributed by atoms with E-state index in [1.807, 2.05) is 6.07 Å². The minimum absolute atomic E-state index is 0.172. The summed E-state index contributed by atoms with van der Waals surface area (Å²) in [6.07, 6.45) is 3.14. The Bertz CT molecular complexity index is 558. The summed E-state index contributed by atoms with van der Waals surface area (Å²) in [4.78, 5) is 15.6. The van der Waals surface area contributed by atoms with Crippen LogP contribution >= 0.6 is 23.2 Å². The number of carbonyl (C=O) groups excluding carboxylic acids is 1. The number of rotatable bonds is 3. The van der Waals surface area contributed by atoms with Crippen LogP contribution in [0.5, 0.6) is 0 Å². The van der Waals surface area contributed by atoms with Crippen molar-refractivity contribution in [1.82, 2.24) is 10.3 Å². The van der Waals surface area contributed by atoms with Gasteiger partial charge in [-0.25, -0.2) is 0 Å². The quantitative estimate of drug-likeness (QED) is 0.937. The van der Waals surface area contributed by atoms with Crippen molar-refractivity contribution in [3.05, 3.63) is 63.9 Å². The normalized spacial score (nSPS) is 10.1. The molecule has 1 aromatic heterocycles. The second-order valence-electron chi connectivity index (χ2n) is 3.67. The van der Waals surface area contributed by atoms with Crippen LogP contribution in [0.1, 0.15) is 15.9 Å². The van der Waals surface area contributed by atoms with Crippen molar-refractivity contribution in [3.63, 3.8) is 0 Å². The Hall–Kier alpha value is -1.58. The number of aromatic nitrogens is 1. The van der Waals surface area contributed by atoms with Gasteiger partial charge in [0.1, 0.15) is 0 Å². The molecule has 0 atom stereocenters. The first-order chi connectivity index (χ1) is 8.66. The molecular weight excluding hydrogens is 271 g/mol. The van der Waals surface area contributed by atoms with Crippen LogP contribution in [-0.4, -0.2) is 10.9 Å². The van der Waals surface area contributed by atoms with E-state index in [1.165, 1.54) is 6.20 Å². The fourth-order valence-corrected chi connectivity index (χ4v) is 1.75. The summed E-state index contributed by atoms with van der Waals surface area (Å²) in [5.74, 6) is -0.172. The number of hydrogen-bond donors (Lipinski definition) is 1. The number of hydrogen-bond acceptors (Lipinski definition) is 2. The Balaban J connectivity index is 1.99. The van der Waals surface area contributed by atoms with Crippen LogP contribution in [0, 0.1) is 0 Å². The Labute approximate surface area is 115 Å². The average molecular weight is 281 g/mol. The number of pyridine rings is 1. The molecule has 0 aliphatic carbocycles. The average Bonchev–Trinajstić information content (AvgIpc) is 2.41. The molecule has 0 saturated carbocycles. The van der Waals surface area contributed by atoms with Crippen molar-refractivity contribution in [2.24, 2.45) is 0 Å². The molecule has 0 radical (unpaired) electrons. The van der Waals surface area contributed by atoms with Gasteiger partial charge < -0.3 is 5.32 Å². The summed E-state index contributed by atoms with van der Waals surface area (Å²) < 4.78 is 0. The topological polar surface area (TPSA) is 42.0 Å². The maximum Gasteiger partial charge on any atom is 0.253 e. The summed E-state index contributed by atoms with van der Waals surface area (Å²) in [6.45, 7) is 0.393. The molecule has 1 heterocycles. The van der Waals surface area contributed by atoms with E-state index < -0.39 is 0 Å². The van der Waals surface area contributed by atoms with Crippen LogP contribution in [0.25, 0.3) is 0 Å². The zero-order valence-electron chi connectivity index (χ0n) is 9.36. The van der Waals surface area contributed by atoms with E-state index in [9.17, 15) is 4.79 Å². The summed E-state index contributed by atoms with van der Waals surface area (Å²) in [5, 5.41) is 3.76. The molecule has 5 heteroatoms. The van der Waals surface area contributed by atoms with Crippen molar-refractivity contribution in [2.45, 2.75) is 6.54 Å². The summed E-state index contributed by atoms with van der Waals surface area (Å²) in [6, 6.07) is 8.67. The van der Waals surface area contributed by atoms with Gasteiger partial charge >= 0.3 is 0 Å². The van der Waals surface area contributed by atoms with Crippen LogP contribution in [0.15, 0.2) is 42.7 Å². The molecule has 0 aliphatic rings. The van der Waals surface area contributed by atoms with E-state index in [2.05, 4.69) is 10.3 Å². The SMILES string of the molecule is O=C(NCc1ccc(Cl)c(Cl)c1)c1cccnc1. The standard InChI is InChI=1S/C13H10Cl2N2O/c14-11-4-3-9(6-12(11)15)7-17-13(18)10-2-1-5-16-8-10/h1-6,8H,7H2,(H,17,18). The lowest BCUT2D eigenvalue weighted by atomic mass is 10.2. The van der Waals surface area contributed by atoms with Gasteiger partial charge in [0.15, 0.2) is 0 Å². The van der Waals surface area contributed by atoms with Gasteiger partial charge in [-0.3, -0.25) is 9.78 Å². The first-order valence-electron chi connectivity index (χ1n) is 5.29. The minimum Gasteiger partial charge on any atom is -0.348 e. The Morgan fingerprint density at radius 1 is 1.22 bits per heavy atom. The Morgan fingerprint density at radius 2 is 2.06 bits per heavy atom. The Kier molecular flexibility index (Phi) is 4.18. The Morgan fingerprint density at radius 3 is 2.72 bits per heavy atom. The highest BCUT2D eigenvalue weighted by Gasteiger charge is 2.05. The first kappa shape index (κ1) is 12.9. The van der Waals surface area contributed by atoms with E-state index in [4.69, 9.17) is 23.2 Å². The number of nitrogens with zero attached hydrogens (tertiary/aromatic N) is 1. The summed E-state index contributed by atoms with van der Waals surface area (Å²) in [5.41, 5.74) is 1.42. The third-order valence-electron chi connectivity index (χ3n) is 2.36. The van der Waals surface area contributed by atoms with Gasteiger partial charge in [0.25, 0.3) is 5.91 Å². The zero-order valence-corrected chi connectivity index (χ0v) is 10.9. The molecule has 18 heavy (non-hydrogen) atoms. The van der Waals surface area contributed by atoms with Gasteiger partial charge in [-0.15, -0.1) is 0 Å². The molecule has 1 aromatic carbocycles. The molecule has 2 rings (SSSR count). The number of nitrogens with one attached hydrogen (secondary N) is 1. The maximum atomic E-state index is 11.8. The van der Waals surface area contributed by atoms with Gasteiger partial charge in [0, 0.05) is 18.9 Å². The maximum absolute atomic E-state index is 11.8. The van der Waals surface area contributed by atoms with Gasteiger partial charge in [-0.05, 0) is 29.8 Å². The summed E-state index contributed by atoms with van der Waals surface area (Å²) in [7, 11) is 0. The third-order valence-corrected chi connectivity index (χ3v) is 3.10. The number of carbonyl (C=O) groups is 1. The lowest BCUT2D eigenvalue weighted by molar-refractivity contribution is 0.0950. The molecule has 3 nitrogen and oxygen atoms in total. The zero-order chi connectivity index (χ0) is 13.0. The van der Waals surface area contributed by atoms with Gasteiger partial charge in [0.05, 0.1) is 15.6 Å². The molecular formula is C13H10Cl2N2O. The van der Waals surface area contributed by atoms with Crippen molar-refractivity contribution in [1.29, 1.82) is 0 Å². The number of halogens is 2. The van der Waals surface area contributed by atoms with Crippen molar-refractivity contribution >= 4 is 29.1 Å².